The van der Waals surface area contributed by atoms with E-state index >= 15 is 0 Å². The zero-order valence-electron chi connectivity index (χ0n) is 15.9. The molecular formula is C20H21N5O2S2. The molecule has 0 bridgehead atoms. The number of nitrogens with two attached hydrogens (primary N) is 1. The highest BCUT2D eigenvalue weighted by atomic mass is 32.2. The summed E-state index contributed by atoms with van der Waals surface area (Å²) in [6.07, 6.45) is 2.78. The molecule has 2 amide bonds. The first-order valence-electron chi connectivity index (χ1n) is 9.36. The van der Waals surface area contributed by atoms with Gasteiger partial charge in [-0.25, -0.2) is 4.98 Å². The van der Waals surface area contributed by atoms with Crippen LogP contribution in [0.1, 0.15) is 34.1 Å². The van der Waals surface area contributed by atoms with Gasteiger partial charge in [0.25, 0.3) is 5.91 Å². The van der Waals surface area contributed by atoms with Gasteiger partial charge in [-0.2, -0.15) is 0 Å². The smallest absolute Gasteiger partial charge is 0.251 e. The average molecular weight is 428 g/mol. The number of thiophene rings is 1. The van der Waals surface area contributed by atoms with Gasteiger partial charge in [0.05, 0.1) is 11.3 Å². The van der Waals surface area contributed by atoms with E-state index in [2.05, 4.69) is 27.4 Å². The lowest BCUT2D eigenvalue weighted by Gasteiger charge is -2.18. The highest BCUT2D eigenvalue weighted by Crippen LogP contribution is 2.39. The number of nitrogens with zero attached hydrogens (tertiary/aromatic N) is 2. The van der Waals surface area contributed by atoms with Crippen LogP contribution in [0.5, 0.6) is 0 Å². The molecule has 0 fully saturated rings. The summed E-state index contributed by atoms with van der Waals surface area (Å²) >= 11 is 2.70. The second-order valence-electron chi connectivity index (χ2n) is 7.09. The van der Waals surface area contributed by atoms with E-state index in [0.717, 1.165) is 35.3 Å². The molecule has 2 aromatic heterocycles. The van der Waals surface area contributed by atoms with E-state index in [1.54, 1.807) is 0 Å². The molecule has 0 aliphatic heterocycles. The van der Waals surface area contributed by atoms with E-state index in [9.17, 15) is 9.59 Å². The fourth-order valence-electron chi connectivity index (χ4n) is 3.43. The van der Waals surface area contributed by atoms with Gasteiger partial charge < -0.3 is 11.1 Å². The van der Waals surface area contributed by atoms with Crippen LogP contribution in [0.3, 0.4) is 0 Å². The maximum atomic E-state index is 12.5. The van der Waals surface area contributed by atoms with Crippen LogP contribution in [-0.4, -0.2) is 32.7 Å². The van der Waals surface area contributed by atoms with Crippen LogP contribution in [-0.2, 0) is 17.6 Å². The molecule has 2 heterocycles. The van der Waals surface area contributed by atoms with Crippen molar-refractivity contribution in [2.24, 2.45) is 11.7 Å². The molecule has 1 aliphatic carbocycles. The Morgan fingerprint density at radius 2 is 2.14 bits per heavy atom. The van der Waals surface area contributed by atoms with Gasteiger partial charge in [-0.3, -0.25) is 14.7 Å². The number of primary amides is 1. The van der Waals surface area contributed by atoms with Gasteiger partial charge in [-0.05, 0) is 30.7 Å². The third kappa shape index (κ3) is 4.35. The predicted molar refractivity (Wildman–Crippen MR) is 115 cm³/mol. The first-order chi connectivity index (χ1) is 14.0. The van der Waals surface area contributed by atoms with Crippen molar-refractivity contribution in [3.63, 3.8) is 0 Å². The highest BCUT2D eigenvalue weighted by molar-refractivity contribution is 7.99. The third-order valence-corrected chi connectivity index (χ3v) is 6.87. The van der Waals surface area contributed by atoms with E-state index in [4.69, 9.17) is 5.73 Å². The Morgan fingerprint density at radius 1 is 1.34 bits per heavy atom. The summed E-state index contributed by atoms with van der Waals surface area (Å²) in [5.41, 5.74) is 8.01. The minimum Gasteiger partial charge on any atom is -0.365 e. The van der Waals surface area contributed by atoms with Gasteiger partial charge in [-0.15, -0.1) is 16.4 Å². The number of nitrogens with one attached hydrogen (secondary N) is 2. The lowest BCUT2D eigenvalue weighted by Crippen LogP contribution is -2.20. The van der Waals surface area contributed by atoms with Crippen LogP contribution in [0.2, 0.25) is 0 Å². The Balaban J connectivity index is 1.42. The van der Waals surface area contributed by atoms with E-state index in [-0.39, 0.29) is 11.7 Å². The topological polar surface area (TPSA) is 114 Å². The van der Waals surface area contributed by atoms with Crippen LogP contribution in [0.4, 0.5) is 5.00 Å². The number of aromatic nitrogens is 3. The molecule has 0 radical (unpaired) electrons. The van der Waals surface area contributed by atoms with Crippen molar-refractivity contribution in [2.75, 3.05) is 11.1 Å². The van der Waals surface area contributed by atoms with Crippen molar-refractivity contribution in [1.29, 1.82) is 0 Å². The standard InChI is InChI=1S/C20H21N5O2S2/c1-11-7-8-13-14(9-11)29-19(16(13)17(21)27)22-15(26)10-28-20-23-18(24-25-20)12-5-3-2-4-6-12/h2-6,11H,7-10H2,1H3,(H2,21,27)(H,22,26)(H,23,24,25)/t11-/m1/s1. The highest BCUT2D eigenvalue weighted by Gasteiger charge is 2.27. The van der Waals surface area contributed by atoms with E-state index in [1.165, 1.54) is 23.1 Å². The fourth-order valence-corrected chi connectivity index (χ4v) is 5.46. The van der Waals surface area contributed by atoms with Crippen molar-refractivity contribution in [3.05, 3.63) is 46.3 Å². The van der Waals surface area contributed by atoms with E-state index < -0.39 is 5.91 Å². The summed E-state index contributed by atoms with van der Waals surface area (Å²) in [6, 6.07) is 9.66. The molecule has 4 rings (SSSR count). The number of rotatable bonds is 6. The number of carbonyl (C=O) groups is 2. The number of hydrogen-bond donors (Lipinski definition) is 3. The van der Waals surface area contributed by atoms with Crippen molar-refractivity contribution < 1.29 is 9.59 Å². The maximum Gasteiger partial charge on any atom is 0.251 e. The summed E-state index contributed by atoms with van der Waals surface area (Å²) in [6.45, 7) is 2.20. The third-order valence-electron chi connectivity index (χ3n) is 4.86. The van der Waals surface area contributed by atoms with Crippen LogP contribution >= 0.6 is 23.1 Å². The van der Waals surface area contributed by atoms with Crippen molar-refractivity contribution >= 4 is 39.9 Å². The van der Waals surface area contributed by atoms with Gasteiger partial charge in [0.2, 0.25) is 11.1 Å². The number of carbonyl (C=O) groups excluding carboxylic acids is 2. The van der Waals surface area contributed by atoms with Crippen LogP contribution < -0.4 is 11.1 Å². The second kappa shape index (κ2) is 8.38. The number of fused-ring (bicyclic) bond motifs is 1. The number of thioether (sulfide) groups is 1. The van der Waals surface area contributed by atoms with Crippen molar-refractivity contribution in [1.82, 2.24) is 15.2 Å². The SMILES string of the molecule is C[C@@H]1CCc2c(sc(NC(=O)CSc3n[nH]c(-c4ccccc4)n3)c2C(N)=O)C1. The van der Waals surface area contributed by atoms with Crippen molar-refractivity contribution in [2.45, 2.75) is 31.3 Å². The monoisotopic (exact) mass is 427 g/mol. The number of aromatic amines is 1. The van der Waals surface area contributed by atoms with Gasteiger partial charge in [0, 0.05) is 10.4 Å². The van der Waals surface area contributed by atoms with Gasteiger partial charge in [0.15, 0.2) is 5.82 Å². The molecular weight excluding hydrogens is 406 g/mol. The minimum atomic E-state index is -0.485. The summed E-state index contributed by atoms with van der Waals surface area (Å²) in [5.74, 6) is 0.676. The predicted octanol–water partition coefficient (Wildman–Crippen LogP) is 3.49. The van der Waals surface area contributed by atoms with E-state index in [0.29, 0.717) is 27.5 Å². The number of amides is 2. The largest absolute Gasteiger partial charge is 0.365 e. The Morgan fingerprint density at radius 3 is 2.90 bits per heavy atom. The molecule has 7 nitrogen and oxygen atoms in total. The molecule has 0 saturated carbocycles. The molecule has 150 valence electrons. The van der Waals surface area contributed by atoms with Crippen molar-refractivity contribution in [3.8, 4) is 11.4 Å². The van der Waals surface area contributed by atoms with Gasteiger partial charge in [0.1, 0.15) is 5.00 Å². The molecule has 0 unspecified atom stereocenters. The molecule has 1 atom stereocenters. The fraction of sp³-hybridized carbons (Fsp3) is 0.300. The Hall–Kier alpha value is -2.65. The van der Waals surface area contributed by atoms with Crippen LogP contribution in [0, 0.1) is 5.92 Å². The zero-order valence-corrected chi connectivity index (χ0v) is 17.5. The van der Waals surface area contributed by atoms with Gasteiger partial charge >= 0.3 is 0 Å². The number of hydrogen-bond acceptors (Lipinski definition) is 6. The quantitative estimate of drug-likeness (QED) is 0.521. The summed E-state index contributed by atoms with van der Waals surface area (Å²) < 4.78 is 0. The zero-order chi connectivity index (χ0) is 20.4. The van der Waals surface area contributed by atoms with Crippen LogP contribution in [0.25, 0.3) is 11.4 Å². The number of anilines is 1. The minimum absolute atomic E-state index is 0.142. The molecule has 1 aliphatic rings. The van der Waals surface area contributed by atoms with Crippen LogP contribution in [0.15, 0.2) is 35.5 Å². The summed E-state index contributed by atoms with van der Waals surface area (Å²) in [5, 5.41) is 11.0. The molecule has 0 saturated heterocycles. The second-order valence-corrected chi connectivity index (χ2v) is 9.14. The average Bonchev–Trinajstić information content (AvgIpc) is 3.31. The van der Waals surface area contributed by atoms with Gasteiger partial charge in [-0.1, -0.05) is 49.0 Å². The lowest BCUT2D eigenvalue weighted by atomic mass is 9.88. The molecule has 3 aromatic rings. The Bertz CT molecular complexity index is 1040. The number of H-pyrrole nitrogens is 1. The number of benzene rings is 1. The first-order valence-corrected chi connectivity index (χ1v) is 11.2. The Kier molecular flexibility index (Phi) is 5.68. The maximum absolute atomic E-state index is 12.5. The normalized spacial score (nSPS) is 15.7. The molecule has 0 spiro atoms. The lowest BCUT2D eigenvalue weighted by molar-refractivity contribution is -0.113. The molecule has 4 N–H and O–H groups in total. The van der Waals surface area contributed by atoms with E-state index in [1.807, 2.05) is 30.3 Å². The summed E-state index contributed by atoms with van der Waals surface area (Å²) in [4.78, 5) is 30.0. The molecule has 1 aromatic carbocycles. The molecule has 29 heavy (non-hydrogen) atoms. The molecule has 9 heteroatoms. The summed E-state index contributed by atoms with van der Waals surface area (Å²) in [7, 11) is 0. The Labute approximate surface area is 176 Å². The first kappa shape index (κ1) is 19.7.